The van der Waals surface area contributed by atoms with Gasteiger partial charge in [-0.25, -0.2) is 0 Å². The van der Waals surface area contributed by atoms with E-state index in [4.69, 9.17) is 14.2 Å². The van der Waals surface area contributed by atoms with Gasteiger partial charge >= 0.3 is 17.9 Å². The molecule has 0 aromatic rings. The van der Waals surface area contributed by atoms with E-state index in [1.165, 1.54) is 116 Å². The van der Waals surface area contributed by atoms with E-state index in [-0.39, 0.29) is 31.1 Å². The molecule has 0 saturated carbocycles. The van der Waals surface area contributed by atoms with E-state index in [1.807, 2.05) is 0 Å². The summed E-state index contributed by atoms with van der Waals surface area (Å²) < 4.78 is 16.7. The average Bonchev–Trinajstić information content (AvgIpc) is 3.24. The fraction of sp³-hybridized carbons (Fsp3) is 0.759. The van der Waals surface area contributed by atoms with E-state index < -0.39 is 6.10 Å². The summed E-state index contributed by atoms with van der Waals surface area (Å²) in [6.45, 7) is 6.54. The van der Waals surface area contributed by atoms with Gasteiger partial charge in [-0.2, -0.15) is 0 Å². The van der Waals surface area contributed by atoms with Crippen molar-refractivity contribution in [1.29, 1.82) is 0 Å². The fourth-order valence-corrected chi connectivity index (χ4v) is 6.96. The van der Waals surface area contributed by atoms with Crippen LogP contribution in [-0.2, 0) is 28.6 Å². The molecule has 0 N–H and O–H groups in total. The zero-order valence-corrected chi connectivity index (χ0v) is 39.5. The van der Waals surface area contributed by atoms with Crippen molar-refractivity contribution in [2.24, 2.45) is 0 Å². The molecule has 0 bridgehead atoms. The molecule has 0 heterocycles. The minimum absolute atomic E-state index is 0.0850. The minimum atomic E-state index is -0.783. The molecule has 0 fully saturated rings. The summed E-state index contributed by atoms with van der Waals surface area (Å²) in [6.07, 6.45) is 59.1. The van der Waals surface area contributed by atoms with Crippen molar-refractivity contribution in [3.8, 4) is 0 Å². The van der Waals surface area contributed by atoms with Crippen LogP contribution in [0.15, 0.2) is 60.8 Å². The van der Waals surface area contributed by atoms with Crippen LogP contribution in [0.25, 0.3) is 0 Å². The first-order valence-corrected chi connectivity index (χ1v) is 25.3. The summed E-state index contributed by atoms with van der Waals surface area (Å²) >= 11 is 0. The van der Waals surface area contributed by atoms with Gasteiger partial charge in [-0.3, -0.25) is 14.4 Å². The van der Waals surface area contributed by atoms with E-state index in [9.17, 15) is 14.4 Å². The Labute approximate surface area is 370 Å². The third-order valence-corrected chi connectivity index (χ3v) is 10.8. The summed E-state index contributed by atoms with van der Waals surface area (Å²) in [5, 5.41) is 0. The van der Waals surface area contributed by atoms with Gasteiger partial charge in [0.25, 0.3) is 0 Å². The quantitative estimate of drug-likeness (QED) is 0.0200. The molecule has 0 amide bonds. The Morgan fingerprint density at radius 1 is 0.333 bits per heavy atom. The Kier molecular flexibility index (Phi) is 46.4. The first-order valence-electron chi connectivity index (χ1n) is 25.3. The van der Waals surface area contributed by atoms with E-state index in [1.54, 1.807) is 0 Å². The number of esters is 3. The lowest BCUT2D eigenvalue weighted by Crippen LogP contribution is -2.30. The molecule has 6 nitrogen and oxygen atoms in total. The number of unbranched alkanes of at least 4 members (excludes halogenated alkanes) is 27. The van der Waals surface area contributed by atoms with Crippen molar-refractivity contribution in [3.63, 3.8) is 0 Å². The first kappa shape index (κ1) is 57.1. The van der Waals surface area contributed by atoms with Gasteiger partial charge in [0.2, 0.25) is 0 Å². The number of hydrogen-bond donors (Lipinski definition) is 0. The lowest BCUT2D eigenvalue weighted by molar-refractivity contribution is -0.167. The molecule has 1 atom stereocenters. The van der Waals surface area contributed by atoms with E-state index in [0.29, 0.717) is 19.3 Å². The van der Waals surface area contributed by atoms with Crippen molar-refractivity contribution in [2.75, 3.05) is 13.2 Å². The van der Waals surface area contributed by atoms with Gasteiger partial charge in [-0.15, -0.1) is 0 Å². The van der Waals surface area contributed by atoms with E-state index >= 15 is 0 Å². The average molecular weight is 839 g/mol. The van der Waals surface area contributed by atoms with Crippen LogP contribution in [0.5, 0.6) is 0 Å². The molecule has 0 aliphatic rings. The lowest BCUT2D eigenvalue weighted by Gasteiger charge is -2.18. The van der Waals surface area contributed by atoms with Crippen molar-refractivity contribution >= 4 is 17.9 Å². The first-order chi connectivity index (χ1) is 29.5. The molecule has 0 saturated heterocycles. The van der Waals surface area contributed by atoms with E-state index in [0.717, 1.165) is 89.9 Å². The molecule has 346 valence electrons. The Balaban J connectivity index is 4.41. The highest BCUT2D eigenvalue weighted by Crippen LogP contribution is 2.15. The predicted molar refractivity (Wildman–Crippen MR) is 256 cm³/mol. The molecular weight excluding hydrogens is 745 g/mol. The number of ether oxygens (including phenoxy) is 3. The monoisotopic (exact) mass is 839 g/mol. The second-order valence-electron chi connectivity index (χ2n) is 16.8. The second kappa shape index (κ2) is 48.8. The summed E-state index contributed by atoms with van der Waals surface area (Å²) in [6, 6.07) is 0. The predicted octanol–water partition coefficient (Wildman–Crippen LogP) is 16.5. The van der Waals surface area contributed by atoms with Gasteiger partial charge in [0.05, 0.1) is 0 Å². The standard InChI is InChI=1S/C54H94O6/c1-4-7-10-13-16-19-22-24-25-26-27-28-30-32-35-38-41-44-47-53(56)59-50-51(49-58-52(55)46-43-40-37-34-31-21-18-15-12-9-6-3)60-54(57)48-45-42-39-36-33-29-23-20-17-14-11-8-5-2/h15-16,18-19,22,24-28,51H,4-14,17,20-21,23,29-50H2,1-3H3/b18-15-,19-16-,24-22-,26-25-,28-27-. The summed E-state index contributed by atoms with van der Waals surface area (Å²) in [5.74, 6) is -0.914. The molecule has 0 rings (SSSR count). The molecular formula is C54H94O6. The second-order valence-corrected chi connectivity index (χ2v) is 16.8. The van der Waals surface area contributed by atoms with Crippen molar-refractivity contribution in [3.05, 3.63) is 60.8 Å². The van der Waals surface area contributed by atoms with Gasteiger partial charge < -0.3 is 14.2 Å². The summed E-state index contributed by atoms with van der Waals surface area (Å²) in [5.41, 5.74) is 0. The normalized spacial score (nSPS) is 12.5. The molecule has 0 radical (unpaired) electrons. The Morgan fingerprint density at radius 2 is 0.633 bits per heavy atom. The number of allylic oxidation sites excluding steroid dienone is 10. The van der Waals surface area contributed by atoms with Crippen LogP contribution >= 0.6 is 0 Å². The van der Waals surface area contributed by atoms with Crippen molar-refractivity contribution in [2.45, 2.75) is 252 Å². The maximum absolute atomic E-state index is 12.8. The van der Waals surface area contributed by atoms with Crippen molar-refractivity contribution in [1.82, 2.24) is 0 Å². The molecule has 0 aromatic carbocycles. The van der Waals surface area contributed by atoms with Crippen LogP contribution in [0.4, 0.5) is 0 Å². The number of hydrogen-bond acceptors (Lipinski definition) is 6. The molecule has 0 aliphatic carbocycles. The number of carbonyl (C=O) groups excluding carboxylic acids is 3. The van der Waals surface area contributed by atoms with Gasteiger partial charge in [-0.1, -0.05) is 223 Å². The lowest BCUT2D eigenvalue weighted by atomic mass is 10.0. The Hall–Kier alpha value is -2.89. The smallest absolute Gasteiger partial charge is 0.306 e. The zero-order chi connectivity index (χ0) is 43.7. The Morgan fingerprint density at radius 3 is 1.07 bits per heavy atom. The van der Waals surface area contributed by atoms with Crippen molar-refractivity contribution < 1.29 is 28.6 Å². The summed E-state index contributed by atoms with van der Waals surface area (Å²) in [4.78, 5) is 37.9. The maximum atomic E-state index is 12.8. The molecule has 6 heteroatoms. The van der Waals surface area contributed by atoms with Gasteiger partial charge in [0.15, 0.2) is 6.10 Å². The number of carbonyl (C=O) groups is 3. The Bertz CT molecular complexity index is 1100. The van der Waals surface area contributed by atoms with Gasteiger partial charge in [0, 0.05) is 19.3 Å². The molecule has 0 aromatic heterocycles. The SMILES string of the molecule is CCCC/C=C\CCCCCCCC(=O)OCC(COC(=O)CCCCCCC\C=C/C=C\C=C/C=C\CCCCC)OC(=O)CCCCCCCCCCCCCCC. The highest BCUT2D eigenvalue weighted by Gasteiger charge is 2.19. The zero-order valence-electron chi connectivity index (χ0n) is 39.5. The van der Waals surface area contributed by atoms with Gasteiger partial charge in [0.1, 0.15) is 13.2 Å². The summed E-state index contributed by atoms with van der Waals surface area (Å²) in [7, 11) is 0. The highest BCUT2D eigenvalue weighted by atomic mass is 16.6. The minimum Gasteiger partial charge on any atom is -0.462 e. The van der Waals surface area contributed by atoms with E-state index in [2.05, 4.69) is 81.5 Å². The molecule has 60 heavy (non-hydrogen) atoms. The fourth-order valence-electron chi connectivity index (χ4n) is 6.96. The third-order valence-electron chi connectivity index (χ3n) is 10.8. The van der Waals surface area contributed by atoms with Crippen LogP contribution in [0.2, 0.25) is 0 Å². The van der Waals surface area contributed by atoms with Crippen LogP contribution < -0.4 is 0 Å². The van der Waals surface area contributed by atoms with Crippen LogP contribution in [0.1, 0.15) is 245 Å². The highest BCUT2D eigenvalue weighted by molar-refractivity contribution is 5.71. The molecule has 0 aliphatic heterocycles. The largest absolute Gasteiger partial charge is 0.462 e. The van der Waals surface area contributed by atoms with Gasteiger partial charge in [-0.05, 0) is 64.2 Å². The maximum Gasteiger partial charge on any atom is 0.306 e. The molecule has 1 unspecified atom stereocenters. The topological polar surface area (TPSA) is 78.9 Å². The number of rotatable bonds is 45. The van der Waals surface area contributed by atoms with Crippen LogP contribution in [-0.4, -0.2) is 37.2 Å². The van der Waals surface area contributed by atoms with Crippen LogP contribution in [0.3, 0.4) is 0 Å². The third kappa shape index (κ3) is 46.2. The molecule has 0 spiro atoms. The van der Waals surface area contributed by atoms with Crippen LogP contribution in [0, 0.1) is 0 Å².